The van der Waals surface area contributed by atoms with Crippen molar-refractivity contribution >= 4 is 17.3 Å². The maximum absolute atomic E-state index is 11.1. The van der Waals surface area contributed by atoms with Gasteiger partial charge in [-0.15, -0.1) is 0 Å². The molecule has 9 heteroatoms. The highest BCUT2D eigenvalue weighted by molar-refractivity contribution is 5.70. The minimum Gasteiger partial charge on any atom is -0.380 e. The van der Waals surface area contributed by atoms with Gasteiger partial charge in [0.05, 0.1) is 11.0 Å². The molecule has 98 valence electrons. The van der Waals surface area contributed by atoms with Crippen molar-refractivity contribution < 1.29 is 9.66 Å². The van der Waals surface area contributed by atoms with Crippen LogP contribution in [0.3, 0.4) is 0 Å². The summed E-state index contributed by atoms with van der Waals surface area (Å²) in [5, 5.41) is 11.1. The van der Waals surface area contributed by atoms with E-state index >= 15 is 0 Å². The number of hydrogen-bond acceptors (Lipinski definition) is 8. The lowest BCUT2D eigenvalue weighted by atomic mass is 10.3. The molecule has 2 rings (SSSR count). The van der Waals surface area contributed by atoms with Crippen molar-refractivity contribution in [2.45, 2.75) is 12.5 Å². The second kappa shape index (κ2) is 5.10. The molecule has 0 radical (unpaired) electrons. The highest BCUT2D eigenvalue weighted by Gasteiger charge is 2.31. The molecule has 0 aromatic carbocycles. The molecule has 18 heavy (non-hydrogen) atoms. The smallest absolute Gasteiger partial charge is 0.354 e. The number of rotatable bonds is 4. The van der Waals surface area contributed by atoms with E-state index in [9.17, 15) is 10.1 Å². The summed E-state index contributed by atoms with van der Waals surface area (Å²) in [6.45, 7) is 1.22. The second-order valence-electron chi connectivity index (χ2n) is 3.89. The van der Waals surface area contributed by atoms with E-state index in [1.54, 1.807) is 12.0 Å². The molecule has 3 N–H and O–H groups in total. The Hall–Kier alpha value is -2.00. The van der Waals surface area contributed by atoms with E-state index in [4.69, 9.17) is 10.6 Å². The lowest BCUT2D eigenvalue weighted by Gasteiger charge is -2.17. The van der Waals surface area contributed by atoms with Crippen LogP contribution in [0.1, 0.15) is 6.42 Å². The first-order chi connectivity index (χ1) is 8.67. The summed E-state index contributed by atoms with van der Waals surface area (Å²) in [6.07, 6.45) is 2.12. The molecular weight excluding hydrogens is 240 g/mol. The molecule has 0 spiro atoms. The number of nitrogens with zero attached hydrogens (tertiary/aromatic N) is 4. The predicted octanol–water partition coefficient (Wildman–Crippen LogP) is -0.104. The maximum atomic E-state index is 11.1. The van der Waals surface area contributed by atoms with Crippen LogP contribution in [0.2, 0.25) is 0 Å². The number of nitrogens with two attached hydrogens (primary N) is 1. The van der Waals surface area contributed by atoms with Gasteiger partial charge >= 0.3 is 5.69 Å². The zero-order chi connectivity index (χ0) is 13.1. The normalized spacial score (nSPS) is 19.0. The van der Waals surface area contributed by atoms with Gasteiger partial charge in [-0.1, -0.05) is 0 Å². The topological polar surface area (TPSA) is 119 Å². The molecule has 1 saturated heterocycles. The van der Waals surface area contributed by atoms with Crippen LogP contribution in [0.15, 0.2) is 6.33 Å². The molecule has 1 unspecified atom stereocenters. The molecule has 1 fully saturated rings. The second-order valence-corrected chi connectivity index (χ2v) is 3.89. The van der Waals surface area contributed by atoms with E-state index in [1.165, 1.54) is 6.33 Å². The van der Waals surface area contributed by atoms with Crippen LogP contribution in [0.4, 0.5) is 17.3 Å². The van der Waals surface area contributed by atoms with Crippen molar-refractivity contribution in [1.29, 1.82) is 0 Å². The summed E-state index contributed by atoms with van der Waals surface area (Å²) < 4.78 is 5.22. The lowest BCUT2D eigenvalue weighted by molar-refractivity contribution is -0.383. The van der Waals surface area contributed by atoms with Gasteiger partial charge in [0.15, 0.2) is 0 Å². The Morgan fingerprint density at radius 1 is 1.67 bits per heavy atom. The standard InChI is InChI=1S/C9H14N6O3/c1-18-6-2-3-14(4-6)9-7(15(16)17)8(13-10)11-5-12-9/h5-6H,2-4,10H2,1H3,(H,11,12,13). The minimum atomic E-state index is -0.537. The Morgan fingerprint density at radius 3 is 3.00 bits per heavy atom. The van der Waals surface area contributed by atoms with Crippen molar-refractivity contribution in [3.63, 3.8) is 0 Å². The summed E-state index contributed by atoms with van der Waals surface area (Å²) in [5.41, 5.74) is 2.00. The molecule has 1 aliphatic rings. The number of anilines is 2. The Kier molecular flexibility index (Phi) is 3.53. The number of nitrogens with one attached hydrogen (secondary N) is 1. The van der Waals surface area contributed by atoms with Crippen LogP contribution < -0.4 is 16.2 Å². The summed E-state index contributed by atoms with van der Waals surface area (Å²) in [7, 11) is 1.62. The van der Waals surface area contributed by atoms with Gasteiger partial charge in [0.25, 0.3) is 0 Å². The van der Waals surface area contributed by atoms with E-state index in [-0.39, 0.29) is 23.4 Å². The van der Waals surface area contributed by atoms with E-state index in [2.05, 4.69) is 15.4 Å². The molecule has 0 amide bonds. The molecular formula is C9H14N6O3. The fraction of sp³-hybridized carbons (Fsp3) is 0.556. The number of methoxy groups -OCH3 is 1. The van der Waals surface area contributed by atoms with Gasteiger partial charge in [0.1, 0.15) is 6.33 Å². The first kappa shape index (κ1) is 12.5. The van der Waals surface area contributed by atoms with Crippen molar-refractivity contribution in [1.82, 2.24) is 9.97 Å². The average molecular weight is 254 g/mol. The van der Waals surface area contributed by atoms with Crippen molar-refractivity contribution in [3.05, 3.63) is 16.4 Å². The zero-order valence-corrected chi connectivity index (χ0v) is 9.87. The van der Waals surface area contributed by atoms with Crippen LogP contribution in [0.5, 0.6) is 0 Å². The molecule has 1 aliphatic heterocycles. The third-order valence-electron chi connectivity index (χ3n) is 2.90. The summed E-state index contributed by atoms with van der Waals surface area (Å²) >= 11 is 0. The maximum Gasteiger partial charge on any atom is 0.354 e. The van der Waals surface area contributed by atoms with Crippen LogP contribution in [-0.4, -0.2) is 41.2 Å². The van der Waals surface area contributed by atoms with Gasteiger partial charge in [-0.3, -0.25) is 10.1 Å². The Balaban J connectivity index is 2.36. The lowest BCUT2D eigenvalue weighted by Crippen LogP contribution is -2.25. The number of nitro groups is 1. The third-order valence-corrected chi connectivity index (χ3v) is 2.90. The first-order valence-corrected chi connectivity index (χ1v) is 5.41. The Morgan fingerprint density at radius 2 is 2.44 bits per heavy atom. The van der Waals surface area contributed by atoms with Gasteiger partial charge in [0.2, 0.25) is 11.6 Å². The van der Waals surface area contributed by atoms with E-state index in [0.29, 0.717) is 13.1 Å². The average Bonchev–Trinajstić information content (AvgIpc) is 2.86. The highest BCUT2D eigenvalue weighted by atomic mass is 16.6. The van der Waals surface area contributed by atoms with Gasteiger partial charge in [0, 0.05) is 20.2 Å². The number of hydrogen-bond donors (Lipinski definition) is 2. The van der Waals surface area contributed by atoms with E-state index < -0.39 is 4.92 Å². The zero-order valence-electron chi connectivity index (χ0n) is 9.87. The number of ether oxygens (including phenoxy) is 1. The Labute approximate surface area is 103 Å². The molecule has 1 aromatic rings. The number of hydrazine groups is 1. The van der Waals surface area contributed by atoms with E-state index in [0.717, 1.165) is 6.42 Å². The highest BCUT2D eigenvalue weighted by Crippen LogP contribution is 2.33. The fourth-order valence-electron chi connectivity index (χ4n) is 1.99. The quantitative estimate of drug-likeness (QED) is 0.434. The molecule has 0 saturated carbocycles. The van der Waals surface area contributed by atoms with Crippen molar-refractivity contribution in [2.75, 3.05) is 30.5 Å². The fourth-order valence-corrected chi connectivity index (χ4v) is 1.99. The van der Waals surface area contributed by atoms with E-state index in [1.807, 2.05) is 0 Å². The molecule has 0 bridgehead atoms. The molecule has 1 atom stereocenters. The van der Waals surface area contributed by atoms with Crippen molar-refractivity contribution in [2.24, 2.45) is 5.84 Å². The minimum absolute atomic E-state index is 0.00543. The number of nitrogen functional groups attached to an aromatic ring is 1. The molecule has 9 nitrogen and oxygen atoms in total. The molecule has 2 heterocycles. The first-order valence-electron chi connectivity index (χ1n) is 5.41. The number of aromatic nitrogens is 2. The van der Waals surface area contributed by atoms with Crippen LogP contribution in [0, 0.1) is 10.1 Å². The summed E-state index contributed by atoms with van der Waals surface area (Å²) in [4.78, 5) is 20.1. The van der Waals surface area contributed by atoms with Crippen LogP contribution in [0.25, 0.3) is 0 Å². The van der Waals surface area contributed by atoms with Gasteiger partial charge < -0.3 is 15.1 Å². The predicted molar refractivity (Wildman–Crippen MR) is 64.1 cm³/mol. The Bertz CT molecular complexity index is 454. The third kappa shape index (κ3) is 2.17. The molecule has 0 aliphatic carbocycles. The van der Waals surface area contributed by atoms with Crippen molar-refractivity contribution in [3.8, 4) is 0 Å². The van der Waals surface area contributed by atoms with Crippen LogP contribution >= 0.6 is 0 Å². The SMILES string of the molecule is COC1CCN(c2ncnc(NN)c2[N+](=O)[O-])C1. The summed E-state index contributed by atoms with van der Waals surface area (Å²) in [5.74, 6) is 5.49. The van der Waals surface area contributed by atoms with Gasteiger partial charge in [-0.25, -0.2) is 15.8 Å². The van der Waals surface area contributed by atoms with Gasteiger partial charge in [-0.05, 0) is 6.42 Å². The molecule has 1 aromatic heterocycles. The largest absolute Gasteiger partial charge is 0.380 e. The van der Waals surface area contributed by atoms with Gasteiger partial charge in [-0.2, -0.15) is 0 Å². The monoisotopic (exact) mass is 254 g/mol. The van der Waals surface area contributed by atoms with Crippen LogP contribution in [-0.2, 0) is 4.74 Å². The summed E-state index contributed by atoms with van der Waals surface area (Å²) in [6, 6.07) is 0.